The van der Waals surface area contributed by atoms with Crippen LogP contribution in [-0.2, 0) is 0 Å². The third-order valence-corrected chi connectivity index (χ3v) is 5.31. The summed E-state index contributed by atoms with van der Waals surface area (Å²) >= 11 is 8.84. The molecule has 2 rings (SSSR count). The first-order valence-corrected chi connectivity index (χ1v) is 8.56. The van der Waals surface area contributed by atoms with Gasteiger partial charge < -0.3 is 10.6 Å². The molecule has 0 aliphatic heterocycles. The van der Waals surface area contributed by atoms with Crippen molar-refractivity contribution in [1.82, 2.24) is 9.88 Å². The fourth-order valence-corrected chi connectivity index (χ4v) is 3.80. The Hall–Kier alpha value is -0.950. The molecule has 1 amide bonds. The molecule has 0 saturated heterocycles. The Morgan fingerprint density at radius 1 is 1.48 bits per heavy atom. The van der Waals surface area contributed by atoms with Crippen molar-refractivity contribution >= 4 is 40.2 Å². The van der Waals surface area contributed by atoms with Crippen LogP contribution in [0.25, 0.3) is 9.88 Å². The van der Waals surface area contributed by atoms with Crippen molar-refractivity contribution in [3.05, 3.63) is 27.5 Å². The fourth-order valence-electron chi connectivity index (χ4n) is 1.89. The van der Waals surface area contributed by atoms with E-state index in [0.717, 1.165) is 14.2 Å². The van der Waals surface area contributed by atoms with E-state index >= 15 is 0 Å². The number of nitrogens with zero attached hydrogens (tertiary/aromatic N) is 2. The zero-order valence-electron chi connectivity index (χ0n) is 12.2. The third-order valence-electron chi connectivity index (χ3n) is 3.07. The van der Waals surface area contributed by atoms with Crippen molar-refractivity contribution in [2.75, 3.05) is 20.1 Å². The van der Waals surface area contributed by atoms with Gasteiger partial charge in [-0.05, 0) is 24.1 Å². The Labute approximate surface area is 137 Å². The zero-order chi connectivity index (χ0) is 15.6. The maximum Gasteiger partial charge on any atom is 0.273 e. The number of rotatable bonds is 5. The van der Waals surface area contributed by atoms with Crippen molar-refractivity contribution in [1.29, 1.82) is 0 Å². The van der Waals surface area contributed by atoms with Crippen molar-refractivity contribution in [3.63, 3.8) is 0 Å². The van der Waals surface area contributed by atoms with E-state index < -0.39 is 0 Å². The van der Waals surface area contributed by atoms with Crippen LogP contribution < -0.4 is 5.73 Å². The van der Waals surface area contributed by atoms with Gasteiger partial charge in [0.1, 0.15) is 10.7 Å². The number of carbonyl (C=O) groups excluding carboxylic acids is 1. The average molecular weight is 344 g/mol. The van der Waals surface area contributed by atoms with E-state index in [1.54, 1.807) is 17.3 Å². The molecule has 0 spiro atoms. The van der Waals surface area contributed by atoms with E-state index in [1.807, 2.05) is 26.0 Å². The van der Waals surface area contributed by atoms with Crippen LogP contribution in [0.3, 0.4) is 0 Å². The number of halogens is 1. The summed E-state index contributed by atoms with van der Waals surface area (Å²) in [6.07, 6.45) is 0. The van der Waals surface area contributed by atoms with Gasteiger partial charge in [0.15, 0.2) is 0 Å². The molecule has 0 aliphatic carbocycles. The number of thiophene rings is 1. The van der Waals surface area contributed by atoms with E-state index in [-0.39, 0.29) is 11.3 Å². The number of amides is 1. The lowest BCUT2D eigenvalue weighted by atomic mass is 9.93. The lowest BCUT2D eigenvalue weighted by Gasteiger charge is -2.28. The Balaban J connectivity index is 2.12. The van der Waals surface area contributed by atoms with E-state index in [2.05, 4.69) is 4.98 Å². The number of hydrogen-bond acceptors (Lipinski definition) is 5. The summed E-state index contributed by atoms with van der Waals surface area (Å²) < 4.78 is 0.717. The molecule has 0 radical (unpaired) electrons. The minimum Gasteiger partial charge on any atom is -0.340 e. The molecule has 4 nitrogen and oxygen atoms in total. The van der Waals surface area contributed by atoms with Crippen LogP contribution in [0.1, 0.15) is 24.3 Å². The highest BCUT2D eigenvalue weighted by atomic mass is 35.5. The monoisotopic (exact) mass is 343 g/mol. The highest BCUT2D eigenvalue weighted by Crippen LogP contribution is 2.33. The van der Waals surface area contributed by atoms with Gasteiger partial charge in [-0.2, -0.15) is 0 Å². The molecule has 0 unspecified atom stereocenters. The molecule has 21 heavy (non-hydrogen) atoms. The van der Waals surface area contributed by atoms with Crippen LogP contribution in [-0.4, -0.2) is 35.9 Å². The predicted molar refractivity (Wildman–Crippen MR) is 90.2 cm³/mol. The fraction of sp³-hybridized carbons (Fsp3) is 0.429. The molecule has 2 aromatic rings. The van der Waals surface area contributed by atoms with Crippen LogP contribution in [0.5, 0.6) is 0 Å². The van der Waals surface area contributed by atoms with Gasteiger partial charge in [-0.3, -0.25) is 4.79 Å². The molecule has 2 aromatic heterocycles. The summed E-state index contributed by atoms with van der Waals surface area (Å²) in [6, 6.07) is 3.75. The summed E-state index contributed by atoms with van der Waals surface area (Å²) in [7, 11) is 1.78. The first-order chi connectivity index (χ1) is 9.82. The van der Waals surface area contributed by atoms with Crippen molar-refractivity contribution in [2.45, 2.75) is 13.8 Å². The van der Waals surface area contributed by atoms with Gasteiger partial charge in [0.05, 0.1) is 9.21 Å². The molecule has 0 aliphatic rings. The third kappa shape index (κ3) is 4.03. The minimum atomic E-state index is -0.107. The number of carbonyl (C=O) groups is 1. The van der Waals surface area contributed by atoms with Crippen LogP contribution in [0, 0.1) is 5.41 Å². The smallest absolute Gasteiger partial charge is 0.273 e. The normalized spacial score (nSPS) is 11.7. The first kappa shape index (κ1) is 16.4. The maximum atomic E-state index is 12.4. The highest BCUT2D eigenvalue weighted by molar-refractivity contribution is 7.23. The Morgan fingerprint density at radius 3 is 2.76 bits per heavy atom. The number of nitrogens with two attached hydrogens (primary N) is 1. The van der Waals surface area contributed by atoms with Gasteiger partial charge >= 0.3 is 0 Å². The lowest BCUT2D eigenvalue weighted by molar-refractivity contribution is 0.0735. The first-order valence-electron chi connectivity index (χ1n) is 6.49. The predicted octanol–water partition coefficient (Wildman–Crippen LogP) is 3.58. The molecule has 0 aromatic carbocycles. The molecule has 0 fully saturated rings. The Morgan fingerprint density at radius 2 is 2.19 bits per heavy atom. The van der Waals surface area contributed by atoms with Gasteiger partial charge in [0.25, 0.3) is 5.91 Å². The summed E-state index contributed by atoms with van der Waals surface area (Å²) in [5.41, 5.74) is 6.07. The molecule has 114 valence electrons. The molecule has 2 heterocycles. The van der Waals surface area contributed by atoms with E-state index in [1.165, 1.54) is 22.7 Å². The quantitative estimate of drug-likeness (QED) is 0.902. The summed E-state index contributed by atoms with van der Waals surface area (Å²) in [4.78, 5) is 19.5. The van der Waals surface area contributed by atoms with Crippen LogP contribution in [0.2, 0.25) is 4.34 Å². The van der Waals surface area contributed by atoms with Crippen LogP contribution >= 0.6 is 34.3 Å². The number of thiazole rings is 1. The highest BCUT2D eigenvalue weighted by Gasteiger charge is 2.23. The van der Waals surface area contributed by atoms with Gasteiger partial charge in [0, 0.05) is 19.0 Å². The molecule has 0 atom stereocenters. The molecular formula is C14H18ClN3OS2. The van der Waals surface area contributed by atoms with E-state index in [9.17, 15) is 4.79 Å². The van der Waals surface area contributed by atoms with Gasteiger partial charge in [-0.25, -0.2) is 4.98 Å². The SMILES string of the molecule is CN(CC(C)(C)CN)C(=O)c1csc(-c2ccc(Cl)s2)n1. The molecule has 7 heteroatoms. The summed E-state index contributed by atoms with van der Waals surface area (Å²) in [5, 5.41) is 2.61. The largest absolute Gasteiger partial charge is 0.340 e. The second-order valence-electron chi connectivity index (χ2n) is 5.67. The number of aromatic nitrogens is 1. The van der Waals surface area contributed by atoms with E-state index in [4.69, 9.17) is 17.3 Å². The van der Waals surface area contributed by atoms with Crippen molar-refractivity contribution < 1.29 is 4.79 Å². The molecule has 0 saturated carbocycles. The Kier molecular flexibility index (Phi) is 5.03. The van der Waals surface area contributed by atoms with Crippen LogP contribution in [0.15, 0.2) is 17.5 Å². The van der Waals surface area contributed by atoms with Crippen molar-refractivity contribution in [3.8, 4) is 9.88 Å². The maximum absolute atomic E-state index is 12.4. The zero-order valence-corrected chi connectivity index (χ0v) is 14.6. The van der Waals surface area contributed by atoms with Gasteiger partial charge in [-0.1, -0.05) is 25.4 Å². The molecular weight excluding hydrogens is 326 g/mol. The second kappa shape index (κ2) is 6.44. The number of hydrogen-bond donors (Lipinski definition) is 1. The average Bonchev–Trinajstić information content (AvgIpc) is 3.05. The van der Waals surface area contributed by atoms with Gasteiger partial charge in [-0.15, -0.1) is 22.7 Å². The summed E-state index contributed by atoms with van der Waals surface area (Å²) in [6.45, 7) is 5.20. The van der Waals surface area contributed by atoms with Crippen LogP contribution in [0.4, 0.5) is 0 Å². The standard InChI is InChI=1S/C14H18ClN3OS2/c1-14(2,7-16)8-18(3)13(19)9-6-20-12(17-9)10-4-5-11(15)21-10/h4-6H,7-8,16H2,1-3H3. The molecule has 0 bridgehead atoms. The van der Waals surface area contributed by atoms with Gasteiger partial charge in [0.2, 0.25) is 0 Å². The summed E-state index contributed by atoms with van der Waals surface area (Å²) in [5.74, 6) is -0.0818. The Bertz CT molecular complexity index is 636. The van der Waals surface area contributed by atoms with Crippen molar-refractivity contribution in [2.24, 2.45) is 11.1 Å². The lowest BCUT2D eigenvalue weighted by Crippen LogP contribution is -2.39. The molecule has 2 N–H and O–H groups in total. The van der Waals surface area contributed by atoms with E-state index in [0.29, 0.717) is 18.8 Å². The second-order valence-corrected chi connectivity index (χ2v) is 8.24. The minimum absolute atomic E-state index is 0.0818. The topological polar surface area (TPSA) is 59.2 Å².